The number of aliphatic hydroxyl groups is 1. The lowest BCUT2D eigenvalue weighted by Gasteiger charge is -2.32. The number of nitrogens with zero attached hydrogens (tertiary/aromatic N) is 4. The van der Waals surface area contributed by atoms with Crippen molar-refractivity contribution in [1.82, 2.24) is 19.7 Å². The van der Waals surface area contributed by atoms with Gasteiger partial charge in [-0.25, -0.2) is 0 Å². The van der Waals surface area contributed by atoms with Gasteiger partial charge in [0.15, 0.2) is 0 Å². The lowest BCUT2D eigenvalue weighted by atomic mass is 9.94. The number of hydrogen-bond donors (Lipinski definition) is 1. The molecule has 112 valence electrons. The topological polar surface area (TPSA) is 54.2 Å². The maximum atomic E-state index is 9.37. The number of rotatable bonds is 4. The van der Waals surface area contributed by atoms with Crippen LogP contribution in [0.25, 0.3) is 0 Å². The molecule has 0 radical (unpaired) electrons. The van der Waals surface area contributed by atoms with Gasteiger partial charge in [-0.15, -0.1) is 10.2 Å². The van der Waals surface area contributed by atoms with Gasteiger partial charge in [-0.1, -0.05) is 6.92 Å². The van der Waals surface area contributed by atoms with Crippen LogP contribution in [0.3, 0.4) is 0 Å². The average Bonchev–Trinajstić information content (AvgIpc) is 2.89. The van der Waals surface area contributed by atoms with Gasteiger partial charge < -0.3 is 14.6 Å². The summed E-state index contributed by atoms with van der Waals surface area (Å²) in [5, 5.41) is 18.1. The van der Waals surface area contributed by atoms with Crippen LogP contribution in [0, 0.1) is 11.8 Å². The number of aliphatic hydroxyl groups excluding tert-OH is 1. The number of aromatic nitrogens is 3. The number of piperidine rings is 1. The maximum Gasteiger partial charge on any atom is 0.133 e. The summed E-state index contributed by atoms with van der Waals surface area (Å²) in [6, 6.07) is 0. The first-order chi connectivity index (χ1) is 9.80. The van der Waals surface area contributed by atoms with Crippen molar-refractivity contribution in [3.05, 3.63) is 11.6 Å². The monoisotopic (exact) mass is 278 g/mol. The number of likely N-dealkylation sites (tertiary alicyclic amines) is 1. The molecular formula is C15H26N4O. The quantitative estimate of drug-likeness (QED) is 0.896. The summed E-state index contributed by atoms with van der Waals surface area (Å²) in [5.74, 6) is 3.36. The second-order valence-corrected chi connectivity index (χ2v) is 6.34. The van der Waals surface area contributed by atoms with Gasteiger partial charge in [0.1, 0.15) is 11.6 Å². The summed E-state index contributed by atoms with van der Waals surface area (Å²) in [7, 11) is 0. The Morgan fingerprint density at radius 3 is 2.90 bits per heavy atom. The Balaban J connectivity index is 1.67. The Morgan fingerprint density at radius 1 is 1.20 bits per heavy atom. The molecule has 0 aromatic carbocycles. The molecule has 3 rings (SSSR count). The Morgan fingerprint density at radius 2 is 2.10 bits per heavy atom. The molecule has 2 aliphatic rings. The fourth-order valence-corrected chi connectivity index (χ4v) is 3.61. The third-order valence-corrected chi connectivity index (χ3v) is 4.90. The molecule has 0 bridgehead atoms. The van der Waals surface area contributed by atoms with Crippen LogP contribution in [-0.2, 0) is 19.4 Å². The Labute approximate surface area is 121 Å². The van der Waals surface area contributed by atoms with Gasteiger partial charge in [-0.05, 0) is 38.3 Å². The molecule has 20 heavy (non-hydrogen) atoms. The molecule has 5 nitrogen and oxygen atoms in total. The molecule has 5 heteroatoms. The molecular weight excluding hydrogens is 252 g/mol. The van der Waals surface area contributed by atoms with Gasteiger partial charge in [-0.2, -0.15) is 0 Å². The van der Waals surface area contributed by atoms with Gasteiger partial charge in [0.25, 0.3) is 0 Å². The minimum Gasteiger partial charge on any atom is -0.396 e. The summed E-state index contributed by atoms with van der Waals surface area (Å²) < 4.78 is 2.27. The van der Waals surface area contributed by atoms with Gasteiger partial charge in [0.2, 0.25) is 0 Å². The predicted molar refractivity (Wildman–Crippen MR) is 77.5 cm³/mol. The minimum absolute atomic E-state index is 0.282. The highest BCUT2D eigenvalue weighted by atomic mass is 16.3. The van der Waals surface area contributed by atoms with Crippen LogP contribution in [0.4, 0.5) is 0 Å². The molecule has 2 unspecified atom stereocenters. The fraction of sp³-hybridized carbons (Fsp3) is 0.867. The van der Waals surface area contributed by atoms with Crippen molar-refractivity contribution in [2.45, 2.75) is 45.6 Å². The van der Waals surface area contributed by atoms with Crippen LogP contribution in [0.5, 0.6) is 0 Å². The van der Waals surface area contributed by atoms with E-state index in [2.05, 4.69) is 26.6 Å². The highest BCUT2D eigenvalue weighted by Crippen LogP contribution is 2.24. The molecule has 1 aromatic heterocycles. The molecule has 1 aromatic rings. The van der Waals surface area contributed by atoms with E-state index in [0.717, 1.165) is 44.0 Å². The summed E-state index contributed by atoms with van der Waals surface area (Å²) in [5.41, 5.74) is 0. The zero-order chi connectivity index (χ0) is 13.9. The van der Waals surface area contributed by atoms with Crippen molar-refractivity contribution < 1.29 is 5.11 Å². The molecule has 0 saturated carbocycles. The van der Waals surface area contributed by atoms with Crippen LogP contribution < -0.4 is 0 Å². The van der Waals surface area contributed by atoms with Gasteiger partial charge in [0, 0.05) is 38.5 Å². The lowest BCUT2D eigenvalue weighted by molar-refractivity contribution is 0.174. The van der Waals surface area contributed by atoms with E-state index in [1.807, 2.05) is 0 Å². The third-order valence-electron chi connectivity index (χ3n) is 4.90. The van der Waals surface area contributed by atoms with Crippen LogP contribution in [0.2, 0.25) is 0 Å². The average molecular weight is 278 g/mol. The van der Waals surface area contributed by atoms with Crippen molar-refractivity contribution in [2.75, 3.05) is 26.2 Å². The molecule has 1 saturated heterocycles. The van der Waals surface area contributed by atoms with E-state index in [0.29, 0.717) is 11.8 Å². The van der Waals surface area contributed by atoms with Crippen molar-refractivity contribution in [1.29, 1.82) is 0 Å². The first-order valence-electron chi connectivity index (χ1n) is 8.04. The van der Waals surface area contributed by atoms with E-state index >= 15 is 0 Å². The lowest BCUT2D eigenvalue weighted by Crippen LogP contribution is -2.36. The van der Waals surface area contributed by atoms with Gasteiger partial charge in [-0.3, -0.25) is 0 Å². The number of aryl methyl sites for hydroxylation is 1. The Hall–Kier alpha value is -0.940. The second kappa shape index (κ2) is 6.22. The fourth-order valence-electron chi connectivity index (χ4n) is 3.61. The van der Waals surface area contributed by atoms with Crippen molar-refractivity contribution in [3.8, 4) is 0 Å². The first-order valence-corrected chi connectivity index (χ1v) is 8.04. The standard InChI is InChI=1S/C15H26N4O/c1-2-18-7-3-4-12(9-18)8-15-17-16-14-6-5-13(11-20)10-19(14)15/h12-13,20H,2-11H2,1H3. The van der Waals surface area contributed by atoms with E-state index in [4.69, 9.17) is 0 Å². The predicted octanol–water partition coefficient (Wildman–Crippen LogP) is 1.11. The van der Waals surface area contributed by atoms with Crippen LogP contribution in [0.15, 0.2) is 0 Å². The molecule has 0 spiro atoms. The molecule has 1 fully saturated rings. The largest absolute Gasteiger partial charge is 0.396 e. The molecule has 0 amide bonds. The van der Waals surface area contributed by atoms with Gasteiger partial charge >= 0.3 is 0 Å². The summed E-state index contributed by atoms with van der Waals surface area (Å²) in [6.45, 7) is 7.02. The first kappa shape index (κ1) is 14.0. The van der Waals surface area contributed by atoms with Crippen LogP contribution in [-0.4, -0.2) is 51.0 Å². The Kier molecular flexibility index (Phi) is 4.36. The van der Waals surface area contributed by atoms with E-state index in [-0.39, 0.29) is 6.61 Å². The van der Waals surface area contributed by atoms with Crippen molar-refractivity contribution in [2.24, 2.45) is 11.8 Å². The molecule has 3 heterocycles. The van der Waals surface area contributed by atoms with Crippen molar-refractivity contribution in [3.63, 3.8) is 0 Å². The van der Waals surface area contributed by atoms with E-state index in [1.54, 1.807) is 0 Å². The van der Waals surface area contributed by atoms with Crippen LogP contribution in [0.1, 0.15) is 37.8 Å². The zero-order valence-corrected chi connectivity index (χ0v) is 12.5. The second-order valence-electron chi connectivity index (χ2n) is 6.34. The highest BCUT2D eigenvalue weighted by Gasteiger charge is 2.25. The molecule has 1 N–H and O–H groups in total. The zero-order valence-electron chi connectivity index (χ0n) is 12.5. The van der Waals surface area contributed by atoms with E-state index in [9.17, 15) is 5.11 Å². The maximum absolute atomic E-state index is 9.37. The van der Waals surface area contributed by atoms with Crippen molar-refractivity contribution >= 4 is 0 Å². The van der Waals surface area contributed by atoms with E-state index in [1.165, 1.54) is 25.9 Å². The minimum atomic E-state index is 0.282. The normalized spacial score (nSPS) is 27.5. The van der Waals surface area contributed by atoms with Gasteiger partial charge in [0.05, 0.1) is 0 Å². The molecule has 2 aliphatic heterocycles. The Bertz CT molecular complexity index is 445. The summed E-state index contributed by atoms with van der Waals surface area (Å²) >= 11 is 0. The number of hydrogen-bond acceptors (Lipinski definition) is 4. The smallest absolute Gasteiger partial charge is 0.133 e. The molecule has 2 atom stereocenters. The number of fused-ring (bicyclic) bond motifs is 1. The van der Waals surface area contributed by atoms with E-state index < -0.39 is 0 Å². The van der Waals surface area contributed by atoms with Crippen LogP contribution >= 0.6 is 0 Å². The molecule has 0 aliphatic carbocycles. The third kappa shape index (κ3) is 2.88. The highest BCUT2D eigenvalue weighted by molar-refractivity contribution is 5.01. The summed E-state index contributed by atoms with van der Waals surface area (Å²) in [6.07, 6.45) is 5.66. The summed E-state index contributed by atoms with van der Waals surface area (Å²) in [4.78, 5) is 2.54. The SMILES string of the molecule is CCN1CCCC(Cc2nnc3n2CC(CO)CC3)C1.